The molecule has 1 aromatic carbocycles. The summed E-state index contributed by atoms with van der Waals surface area (Å²) in [5.74, 6) is 0.308. The fourth-order valence-electron chi connectivity index (χ4n) is 4.06. The van der Waals surface area contributed by atoms with Gasteiger partial charge in [0.1, 0.15) is 0 Å². The molecule has 1 aliphatic carbocycles. The molecule has 1 saturated carbocycles. The number of amides is 2. The van der Waals surface area contributed by atoms with Crippen molar-refractivity contribution < 1.29 is 9.59 Å². The van der Waals surface area contributed by atoms with Crippen LogP contribution in [0.5, 0.6) is 0 Å². The first-order chi connectivity index (χ1) is 12.9. The van der Waals surface area contributed by atoms with Gasteiger partial charge in [-0.2, -0.15) is 0 Å². The molecule has 0 spiro atoms. The van der Waals surface area contributed by atoms with Gasteiger partial charge in [-0.3, -0.25) is 9.59 Å². The third kappa shape index (κ3) is 4.35. The molecule has 0 radical (unpaired) electrons. The van der Waals surface area contributed by atoms with Gasteiger partial charge in [0.2, 0.25) is 5.91 Å². The Morgan fingerprint density at radius 1 is 1.33 bits per heavy atom. The maximum absolute atomic E-state index is 12.9. The summed E-state index contributed by atoms with van der Waals surface area (Å²) in [6.45, 7) is 5.53. The number of fused-ring (bicyclic) bond motifs is 1. The molecule has 2 aliphatic rings. The third-order valence-corrected chi connectivity index (χ3v) is 7.27. The maximum Gasteiger partial charge on any atom is 0.260 e. The molecule has 6 heteroatoms. The molecule has 1 aromatic rings. The summed E-state index contributed by atoms with van der Waals surface area (Å²) in [4.78, 5) is 30.2. The number of halogens is 1. The summed E-state index contributed by atoms with van der Waals surface area (Å²) in [6, 6.07) is 7.67. The Hall–Kier alpha value is -1.46. The Kier molecular flexibility index (Phi) is 6.53. The Morgan fingerprint density at radius 3 is 2.74 bits per heavy atom. The number of likely N-dealkylation sites (N-methyl/N-ethyl adjacent to an activating group) is 1. The van der Waals surface area contributed by atoms with Crippen LogP contribution in [-0.2, 0) is 9.59 Å². The van der Waals surface area contributed by atoms with Gasteiger partial charge in [-0.15, -0.1) is 11.8 Å². The zero-order valence-electron chi connectivity index (χ0n) is 16.2. The number of carbonyl (C=O) groups excluding carboxylic acids is 2. The highest BCUT2D eigenvalue weighted by molar-refractivity contribution is 8.04. The second kappa shape index (κ2) is 8.70. The van der Waals surface area contributed by atoms with Crippen LogP contribution < -0.4 is 0 Å². The molecular formula is C21H27ClN2O2S. The molecule has 2 fully saturated rings. The van der Waals surface area contributed by atoms with Gasteiger partial charge in [-0.05, 0) is 56.9 Å². The van der Waals surface area contributed by atoms with Crippen molar-refractivity contribution in [3.05, 3.63) is 39.8 Å². The second-order valence-electron chi connectivity index (χ2n) is 7.22. The minimum absolute atomic E-state index is 0.0282. The van der Waals surface area contributed by atoms with E-state index in [0.717, 1.165) is 42.8 Å². The van der Waals surface area contributed by atoms with Gasteiger partial charge < -0.3 is 9.80 Å². The molecule has 3 unspecified atom stereocenters. The number of rotatable bonds is 4. The number of thioether (sulfide) groups is 1. The summed E-state index contributed by atoms with van der Waals surface area (Å²) in [5, 5.41) is 1.01. The van der Waals surface area contributed by atoms with Crippen LogP contribution in [0, 0.1) is 5.92 Å². The minimum atomic E-state index is 0.0282. The predicted molar refractivity (Wildman–Crippen MR) is 113 cm³/mol. The van der Waals surface area contributed by atoms with Crippen LogP contribution in [0.3, 0.4) is 0 Å². The van der Waals surface area contributed by atoms with Gasteiger partial charge in [0.15, 0.2) is 0 Å². The van der Waals surface area contributed by atoms with Gasteiger partial charge in [0.05, 0.1) is 4.91 Å². The highest BCUT2D eigenvalue weighted by atomic mass is 35.5. The molecule has 4 nitrogen and oxygen atoms in total. The lowest BCUT2D eigenvalue weighted by Gasteiger charge is -2.45. The van der Waals surface area contributed by atoms with Crippen LogP contribution in [0.4, 0.5) is 0 Å². The van der Waals surface area contributed by atoms with E-state index in [1.165, 1.54) is 0 Å². The van der Waals surface area contributed by atoms with E-state index in [1.54, 1.807) is 11.8 Å². The van der Waals surface area contributed by atoms with Gasteiger partial charge in [-0.25, -0.2) is 0 Å². The topological polar surface area (TPSA) is 40.6 Å². The van der Waals surface area contributed by atoms with E-state index in [9.17, 15) is 9.59 Å². The molecule has 3 rings (SSSR count). The molecule has 0 N–H and O–H groups in total. The van der Waals surface area contributed by atoms with Crippen molar-refractivity contribution in [2.24, 2.45) is 5.92 Å². The fourth-order valence-corrected chi connectivity index (χ4v) is 5.74. The van der Waals surface area contributed by atoms with Gasteiger partial charge in [0, 0.05) is 42.4 Å². The Balaban J connectivity index is 1.75. The van der Waals surface area contributed by atoms with Gasteiger partial charge in [0.25, 0.3) is 5.91 Å². The third-order valence-electron chi connectivity index (χ3n) is 5.63. The predicted octanol–water partition coefficient (Wildman–Crippen LogP) is 4.29. The SMILES string of the molecule is CCN(CC)C(=O)C1CCC2S/C(=C\c3cccc(Cl)c3)C(=O)N(C)C2C1. The quantitative estimate of drug-likeness (QED) is 0.700. The maximum atomic E-state index is 12.9. The summed E-state index contributed by atoms with van der Waals surface area (Å²) >= 11 is 7.73. The van der Waals surface area contributed by atoms with Crippen LogP contribution in [-0.4, -0.2) is 53.0 Å². The second-order valence-corrected chi connectivity index (χ2v) is 8.94. The number of hydrogen-bond donors (Lipinski definition) is 0. The number of carbonyl (C=O) groups is 2. The van der Waals surface area contributed by atoms with Gasteiger partial charge in [-0.1, -0.05) is 23.7 Å². The smallest absolute Gasteiger partial charge is 0.260 e. The molecule has 3 atom stereocenters. The first-order valence-electron chi connectivity index (χ1n) is 9.64. The van der Waals surface area contributed by atoms with Crippen LogP contribution in [0.15, 0.2) is 29.2 Å². The molecule has 1 saturated heterocycles. The largest absolute Gasteiger partial charge is 0.343 e. The van der Waals surface area contributed by atoms with E-state index in [0.29, 0.717) is 10.3 Å². The normalized spacial score (nSPS) is 26.8. The lowest BCUT2D eigenvalue weighted by atomic mass is 9.83. The molecule has 2 amide bonds. The van der Waals surface area contributed by atoms with Crippen LogP contribution in [0.1, 0.15) is 38.7 Å². The highest BCUT2D eigenvalue weighted by Crippen LogP contribution is 2.43. The van der Waals surface area contributed by atoms with E-state index < -0.39 is 0 Å². The van der Waals surface area contributed by atoms with Crippen LogP contribution in [0.25, 0.3) is 6.08 Å². The van der Waals surface area contributed by atoms with Crippen molar-refractivity contribution in [1.29, 1.82) is 0 Å². The summed E-state index contributed by atoms with van der Waals surface area (Å²) in [5.41, 5.74) is 0.940. The average molecular weight is 407 g/mol. The van der Waals surface area contributed by atoms with Crippen LogP contribution >= 0.6 is 23.4 Å². The van der Waals surface area contributed by atoms with E-state index in [-0.39, 0.29) is 23.8 Å². The van der Waals surface area contributed by atoms with Crippen molar-refractivity contribution in [3.63, 3.8) is 0 Å². The summed E-state index contributed by atoms with van der Waals surface area (Å²) in [6.07, 6.45) is 4.55. The zero-order valence-corrected chi connectivity index (χ0v) is 17.7. The standard InChI is InChI=1S/C21H27ClN2O2S/c1-4-24(5-2)20(25)15-9-10-18-17(13-15)23(3)21(26)19(27-18)12-14-7-6-8-16(22)11-14/h6-8,11-12,15,17-18H,4-5,9-10,13H2,1-3H3/b19-12-. The number of benzene rings is 1. The molecule has 0 aromatic heterocycles. The zero-order chi connectivity index (χ0) is 19.6. The average Bonchev–Trinajstić information content (AvgIpc) is 2.66. The molecule has 1 aliphatic heterocycles. The Morgan fingerprint density at radius 2 is 2.07 bits per heavy atom. The van der Waals surface area contributed by atoms with Crippen molar-refractivity contribution in [2.45, 2.75) is 44.4 Å². The van der Waals surface area contributed by atoms with E-state index in [1.807, 2.05) is 61.0 Å². The fraction of sp³-hybridized carbons (Fsp3) is 0.524. The van der Waals surface area contributed by atoms with Crippen molar-refractivity contribution in [3.8, 4) is 0 Å². The number of nitrogens with zero attached hydrogens (tertiary/aromatic N) is 2. The monoisotopic (exact) mass is 406 g/mol. The Bertz CT molecular complexity index is 747. The van der Waals surface area contributed by atoms with Crippen molar-refractivity contribution in [2.75, 3.05) is 20.1 Å². The lowest BCUT2D eigenvalue weighted by Crippen LogP contribution is -2.52. The summed E-state index contributed by atoms with van der Waals surface area (Å²) in [7, 11) is 1.87. The first-order valence-corrected chi connectivity index (χ1v) is 10.9. The van der Waals surface area contributed by atoms with Crippen LogP contribution in [0.2, 0.25) is 5.02 Å². The molecular weight excluding hydrogens is 380 g/mol. The van der Waals surface area contributed by atoms with Crippen molar-refractivity contribution >= 4 is 41.3 Å². The first kappa shape index (κ1) is 20.3. The van der Waals surface area contributed by atoms with E-state index in [2.05, 4.69) is 0 Å². The van der Waals surface area contributed by atoms with Gasteiger partial charge >= 0.3 is 0 Å². The highest BCUT2D eigenvalue weighted by Gasteiger charge is 2.43. The Labute approximate surface area is 170 Å². The summed E-state index contributed by atoms with van der Waals surface area (Å²) < 4.78 is 0. The van der Waals surface area contributed by atoms with E-state index in [4.69, 9.17) is 11.6 Å². The van der Waals surface area contributed by atoms with Crippen molar-refractivity contribution in [1.82, 2.24) is 9.80 Å². The molecule has 1 heterocycles. The molecule has 27 heavy (non-hydrogen) atoms. The lowest BCUT2D eigenvalue weighted by molar-refractivity contribution is -0.138. The molecule has 146 valence electrons. The van der Waals surface area contributed by atoms with E-state index >= 15 is 0 Å². The molecule has 0 bridgehead atoms. The number of hydrogen-bond acceptors (Lipinski definition) is 3. The minimum Gasteiger partial charge on any atom is -0.343 e.